The Morgan fingerprint density at radius 1 is 1.26 bits per heavy atom. The zero-order valence-corrected chi connectivity index (χ0v) is 12.4. The lowest BCUT2D eigenvalue weighted by Gasteiger charge is -2.27. The molecule has 0 aromatic heterocycles. The summed E-state index contributed by atoms with van der Waals surface area (Å²) in [6, 6.07) is 3.43. The van der Waals surface area contributed by atoms with Gasteiger partial charge in [0.1, 0.15) is 4.90 Å². The molecule has 6 nitrogen and oxygen atoms in total. The normalized spacial score (nSPS) is 17.2. The molecule has 106 valence electrons. The van der Waals surface area contributed by atoms with Gasteiger partial charge in [0.25, 0.3) is 0 Å². The molecule has 19 heavy (non-hydrogen) atoms. The van der Waals surface area contributed by atoms with Crippen LogP contribution in [0.4, 0.5) is 0 Å². The summed E-state index contributed by atoms with van der Waals surface area (Å²) < 4.78 is 49.6. The number of nitrogens with one attached hydrogen (secondary N) is 2. The van der Waals surface area contributed by atoms with Crippen LogP contribution in [-0.4, -0.2) is 42.2 Å². The number of benzene rings is 1. The van der Waals surface area contributed by atoms with Crippen LogP contribution in [0.15, 0.2) is 28.0 Å². The van der Waals surface area contributed by atoms with E-state index in [2.05, 4.69) is 10.0 Å². The Balaban J connectivity index is 2.43. The molecular weight excluding hydrogens is 312 g/mol. The lowest BCUT2D eigenvalue weighted by molar-refractivity contribution is 0.410. The second-order valence-electron chi connectivity index (χ2n) is 4.34. The molecule has 1 aliphatic heterocycles. The summed E-state index contributed by atoms with van der Waals surface area (Å²) in [5.41, 5.74) is 0. The van der Waals surface area contributed by atoms with E-state index in [0.717, 1.165) is 12.3 Å². The van der Waals surface area contributed by atoms with Crippen molar-refractivity contribution in [1.29, 1.82) is 0 Å². The second kappa shape index (κ2) is 5.02. The van der Waals surface area contributed by atoms with E-state index >= 15 is 0 Å². The van der Waals surface area contributed by atoms with Crippen LogP contribution in [0, 0.1) is 0 Å². The third kappa shape index (κ3) is 3.26. The van der Waals surface area contributed by atoms with Crippen molar-refractivity contribution in [2.75, 3.05) is 19.3 Å². The van der Waals surface area contributed by atoms with Crippen LogP contribution >= 0.6 is 11.6 Å². The van der Waals surface area contributed by atoms with Crippen molar-refractivity contribution in [3.8, 4) is 0 Å². The second-order valence-corrected chi connectivity index (χ2v) is 8.45. The Labute approximate surface area is 117 Å². The standard InChI is InChI=1S/C10H13ClN2O4S2/c1-18(14,15)8-2-3-9(11)10(4-8)19(16,17)13-7-5-12-6-7/h2-4,7,12-13H,5-6H2,1H3. The van der Waals surface area contributed by atoms with Gasteiger partial charge in [0.2, 0.25) is 10.0 Å². The van der Waals surface area contributed by atoms with Crippen LogP contribution < -0.4 is 10.0 Å². The molecule has 1 heterocycles. The molecule has 2 N–H and O–H groups in total. The number of rotatable bonds is 4. The van der Waals surface area contributed by atoms with Gasteiger partial charge in [-0.2, -0.15) is 0 Å². The molecule has 1 aromatic carbocycles. The highest BCUT2D eigenvalue weighted by Crippen LogP contribution is 2.25. The van der Waals surface area contributed by atoms with Crippen LogP contribution in [-0.2, 0) is 19.9 Å². The van der Waals surface area contributed by atoms with Gasteiger partial charge >= 0.3 is 0 Å². The maximum atomic E-state index is 12.1. The van der Waals surface area contributed by atoms with Crippen molar-refractivity contribution >= 4 is 31.5 Å². The van der Waals surface area contributed by atoms with Gasteiger partial charge in [0.05, 0.1) is 9.92 Å². The average molecular weight is 325 g/mol. The molecule has 0 amide bonds. The number of hydrogen-bond acceptors (Lipinski definition) is 5. The van der Waals surface area contributed by atoms with Crippen LogP contribution in [0.2, 0.25) is 5.02 Å². The van der Waals surface area contributed by atoms with E-state index in [1.54, 1.807) is 0 Å². The third-order valence-corrected chi connectivity index (χ3v) is 5.84. The quantitative estimate of drug-likeness (QED) is 0.813. The van der Waals surface area contributed by atoms with Crippen molar-refractivity contribution in [2.45, 2.75) is 15.8 Å². The average Bonchev–Trinajstić information content (AvgIpc) is 2.22. The summed E-state index contributed by atoms with van der Waals surface area (Å²) >= 11 is 5.85. The fourth-order valence-corrected chi connectivity index (χ4v) is 4.06. The molecule has 1 aliphatic rings. The van der Waals surface area contributed by atoms with Gasteiger partial charge < -0.3 is 5.32 Å². The van der Waals surface area contributed by atoms with Crippen LogP contribution in [0.5, 0.6) is 0 Å². The molecule has 0 bridgehead atoms. The topological polar surface area (TPSA) is 92.3 Å². The lowest BCUT2D eigenvalue weighted by Crippen LogP contribution is -2.56. The number of sulfonamides is 1. The monoisotopic (exact) mass is 324 g/mol. The third-order valence-electron chi connectivity index (χ3n) is 2.72. The molecule has 0 radical (unpaired) electrons. The predicted molar refractivity (Wildman–Crippen MR) is 71.5 cm³/mol. The molecule has 0 saturated carbocycles. The molecular formula is C10H13ClN2O4S2. The minimum absolute atomic E-state index is 0.00724. The smallest absolute Gasteiger partial charge is 0.242 e. The van der Waals surface area contributed by atoms with E-state index in [9.17, 15) is 16.8 Å². The first kappa shape index (κ1) is 14.7. The maximum absolute atomic E-state index is 12.1. The fourth-order valence-electron chi connectivity index (χ4n) is 1.58. The summed E-state index contributed by atoms with van der Waals surface area (Å²) in [5.74, 6) is 0. The van der Waals surface area contributed by atoms with Crippen LogP contribution in [0.1, 0.15) is 0 Å². The summed E-state index contributed by atoms with van der Waals surface area (Å²) in [5, 5.41) is 2.92. The molecule has 1 aromatic rings. The largest absolute Gasteiger partial charge is 0.313 e. The number of hydrogen-bond donors (Lipinski definition) is 2. The zero-order valence-electron chi connectivity index (χ0n) is 10.1. The van der Waals surface area contributed by atoms with Crippen molar-refractivity contribution < 1.29 is 16.8 Å². The summed E-state index contributed by atoms with van der Waals surface area (Å²) in [7, 11) is -7.31. The Morgan fingerprint density at radius 2 is 1.89 bits per heavy atom. The summed E-state index contributed by atoms with van der Waals surface area (Å²) in [4.78, 5) is -0.298. The first-order valence-electron chi connectivity index (χ1n) is 5.43. The SMILES string of the molecule is CS(=O)(=O)c1ccc(Cl)c(S(=O)(=O)NC2CNC2)c1. The van der Waals surface area contributed by atoms with E-state index in [4.69, 9.17) is 11.6 Å². The highest BCUT2D eigenvalue weighted by molar-refractivity contribution is 7.91. The number of halogens is 1. The van der Waals surface area contributed by atoms with Gasteiger partial charge in [-0.3, -0.25) is 0 Å². The number of sulfone groups is 1. The van der Waals surface area contributed by atoms with Crippen molar-refractivity contribution in [3.63, 3.8) is 0 Å². The van der Waals surface area contributed by atoms with Gasteiger partial charge in [-0.1, -0.05) is 11.6 Å². The van der Waals surface area contributed by atoms with E-state index < -0.39 is 19.9 Å². The minimum atomic E-state index is -3.82. The van der Waals surface area contributed by atoms with Gasteiger partial charge in [0, 0.05) is 25.4 Å². The van der Waals surface area contributed by atoms with Crippen molar-refractivity contribution in [1.82, 2.24) is 10.0 Å². The van der Waals surface area contributed by atoms with E-state index in [1.807, 2.05) is 0 Å². The zero-order chi connectivity index (χ0) is 14.3. The van der Waals surface area contributed by atoms with Gasteiger partial charge in [-0.25, -0.2) is 21.6 Å². The predicted octanol–water partition coefficient (Wildman–Crippen LogP) is -0.00640. The summed E-state index contributed by atoms with van der Waals surface area (Å²) in [6.45, 7) is 1.09. The summed E-state index contributed by atoms with van der Waals surface area (Å²) in [6.07, 6.45) is 1.01. The molecule has 0 unspecified atom stereocenters. The lowest BCUT2D eigenvalue weighted by atomic mass is 10.2. The molecule has 1 fully saturated rings. The molecule has 1 saturated heterocycles. The van der Waals surface area contributed by atoms with Crippen molar-refractivity contribution in [3.05, 3.63) is 23.2 Å². The molecule has 2 rings (SSSR count). The van der Waals surface area contributed by atoms with Crippen LogP contribution in [0.25, 0.3) is 0 Å². The fraction of sp³-hybridized carbons (Fsp3) is 0.400. The molecule has 9 heteroatoms. The van der Waals surface area contributed by atoms with Crippen LogP contribution in [0.3, 0.4) is 0 Å². The highest BCUT2D eigenvalue weighted by Gasteiger charge is 2.27. The van der Waals surface area contributed by atoms with Gasteiger partial charge in [-0.05, 0) is 18.2 Å². The first-order chi connectivity index (χ1) is 8.70. The Hall–Kier alpha value is -0.670. The van der Waals surface area contributed by atoms with Gasteiger partial charge in [-0.15, -0.1) is 0 Å². The molecule has 0 atom stereocenters. The minimum Gasteiger partial charge on any atom is -0.313 e. The van der Waals surface area contributed by atoms with E-state index in [1.165, 1.54) is 12.1 Å². The molecule has 0 aliphatic carbocycles. The molecule has 0 spiro atoms. The first-order valence-corrected chi connectivity index (χ1v) is 9.18. The Kier molecular flexibility index (Phi) is 3.90. The highest BCUT2D eigenvalue weighted by atomic mass is 35.5. The Bertz CT molecular complexity index is 696. The maximum Gasteiger partial charge on any atom is 0.242 e. The van der Waals surface area contributed by atoms with E-state index in [0.29, 0.717) is 13.1 Å². The Morgan fingerprint density at radius 3 is 2.37 bits per heavy atom. The van der Waals surface area contributed by atoms with Crippen molar-refractivity contribution in [2.24, 2.45) is 0 Å². The van der Waals surface area contributed by atoms with E-state index in [-0.39, 0.29) is 20.9 Å². The van der Waals surface area contributed by atoms with Gasteiger partial charge in [0.15, 0.2) is 9.84 Å².